The number of hydrogen-bond donors (Lipinski definition) is 0. The lowest BCUT2D eigenvalue weighted by Gasteiger charge is -2.26. The van der Waals surface area contributed by atoms with E-state index in [-0.39, 0.29) is 23.5 Å². The Balaban J connectivity index is 1.56. The Morgan fingerprint density at radius 2 is 1.94 bits per heavy atom. The van der Waals surface area contributed by atoms with Gasteiger partial charge in [-0.2, -0.15) is 0 Å². The molecule has 0 N–H and O–H groups in total. The summed E-state index contributed by atoms with van der Waals surface area (Å²) in [5, 5.41) is 0.745. The van der Waals surface area contributed by atoms with E-state index in [0.717, 1.165) is 54.3 Å². The molecule has 7 nitrogen and oxygen atoms in total. The van der Waals surface area contributed by atoms with Gasteiger partial charge in [0.05, 0.1) is 22.6 Å². The topological polar surface area (TPSA) is 93.6 Å². The maximum Gasteiger partial charge on any atom is 0.339 e. The van der Waals surface area contributed by atoms with Gasteiger partial charge in [-0.3, -0.25) is 9.78 Å². The van der Waals surface area contributed by atoms with Crippen molar-refractivity contribution >= 4 is 32.6 Å². The smallest absolute Gasteiger partial charge is 0.339 e. The highest BCUT2D eigenvalue weighted by Crippen LogP contribution is 2.29. The molecule has 0 unspecified atom stereocenters. The van der Waals surface area contributed by atoms with Crippen molar-refractivity contribution in [3.8, 4) is 0 Å². The number of carbonyl (C=O) groups is 2. The van der Waals surface area contributed by atoms with E-state index in [0.29, 0.717) is 18.5 Å². The summed E-state index contributed by atoms with van der Waals surface area (Å²) in [7, 11) is -3.10. The molecule has 8 heteroatoms. The Hall–Kier alpha value is -2.48. The predicted octanol–water partition coefficient (Wildman–Crippen LogP) is 2.70. The van der Waals surface area contributed by atoms with Crippen LogP contribution in [0.3, 0.4) is 0 Å². The highest BCUT2D eigenvalue weighted by atomic mass is 32.2. The van der Waals surface area contributed by atoms with Crippen LogP contribution in [0.2, 0.25) is 0 Å². The standard InChI is InChI=1S/C23H28N2O5S/c1-2-25(16-12-13-31(28,29)15-16)21(26)14-30-23(27)22-17-8-4-3-5-10-19(17)24-20-11-7-6-9-18(20)22/h6-7,9,11,16H,2-5,8,10,12-15H2,1H3/t16-/m1/s1. The monoisotopic (exact) mass is 444 g/mol. The highest BCUT2D eigenvalue weighted by molar-refractivity contribution is 7.91. The number of hydrogen-bond acceptors (Lipinski definition) is 6. The summed E-state index contributed by atoms with van der Waals surface area (Å²) < 4.78 is 29.1. The lowest BCUT2D eigenvalue weighted by molar-refractivity contribution is -0.136. The fraction of sp³-hybridized carbons (Fsp3) is 0.522. The molecule has 0 spiro atoms. The van der Waals surface area contributed by atoms with E-state index in [4.69, 9.17) is 9.72 Å². The Labute approximate surface area is 182 Å². The van der Waals surface area contributed by atoms with Crippen molar-refractivity contribution in [1.82, 2.24) is 9.88 Å². The van der Waals surface area contributed by atoms with Gasteiger partial charge in [0.2, 0.25) is 0 Å². The number of ether oxygens (including phenoxy) is 1. The average molecular weight is 445 g/mol. The van der Waals surface area contributed by atoms with E-state index in [1.54, 1.807) is 6.92 Å². The molecule has 1 aliphatic carbocycles. The number of aryl methyl sites for hydroxylation is 1. The zero-order valence-corrected chi connectivity index (χ0v) is 18.6. The number of benzene rings is 1. The van der Waals surface area contributed by atoms with Gasteiger partial charge in [-0.05, 0) is 50.7 Å². The third kappa shape index (κ3) is 4.59. The van der Waals surface area contributed by atoms with E-state index < -0.39 is 22.4 Å². The summed E-state index contributed by atoms with van der Waals surface area (Å²) >= 11 is 0. The summed E-state index contributed by atoms with van der Waals surface area (Å²) in [5.74, 6) is -0.804. The summed E-state index contributed by atoms with van der Waals surface area (Å²) in [6.45, 7) is 1.79. The first-order valence-corrected chi connectivity index (χ1v) is 12.8. The number of fused-ring (bicyclic) bond motifs is 2. The molecule has 1 fully saturated rings. The van der Waals surface area contributed by atoms with Crippen LogP contribution in [0.25, 0.3) is 10.9 Å². The maximum absolute atomic E-state index is 13.2. The molecule has 1 amide bonds. The first-order chi connectivity index (χ1) is 14.9. The fourth-order valence-corrected chi connectivity index (χ4v) is 6.45. The number of carbonyl (C=O) groups excluding carboxylic acids is 2. The SMILES string of the molecule is CCN(C(=O)COC(=O)c1c2c(nc3ccccc13)CCCCC2)[C@@H]1CCS(=O)(=O)C1. The van der Waals surface area contributed by atoms with Crippen LogP contribution in [0.5, 0.6) is 0 Å². The zero-order chi connectivity index (χ0) is 22.0. The van der Waals surface area contributed by atoms with E-state index in [1.807, 2.05) is 24.3 Å². The molecular weight excluding hydrogens is 416 g/mol. The number of sulfone groups is 1. The van der Waals surface area contributed by atoms with Crippen LogP contribution in [0.4, 0.5) is 0 Å². The van der Waals surface area contributed by atoms with Gasteiger partial charge in [-0.15, -0.1) is 0 Å². The number of amides is 1. The number of rotatable bonds is 5. The molecule has 1 saturated heterocycles. The Morgan fingerprint density at radius 1 is 1.16 bits per heavy atom. The number of nitrogens with zero attached hydrogens (tertiary/aromatic N) is 2. The van der Waals surface area contributed by atoms with Gasteiger partial charge in [0.15, 0.2) is 16.4 Å². The summed E-state index contributed by atoms with van der Waals surface area (Å²) in [5.41, 5.74) is 3.15. The fourth-order valence-electron chi connectivity index (χ4n) is 4.72. The number of para-hydroxylation sites is 1. The van der Waals surface area contributed by atoms with Gasteiger partial charge in [0.1, 0.15) is 0 Å². The van der Waals surface area contributed by atoms with Crippen LogP contribution in [0.1, 0.15) is 54.2 Å². The van der Waals surface area contributed by atoms with Crippen LogP contribution in [0, 0.1) is 0 Å². The zero-order valence-electron chi connectivity index (χ0n) is 17.8. The van der Waals surface area contributed by atoms with Crippen LogP contribution < -0.4 is 0 Å². The Morgan fingerprint density at radius 3 is 2.68 bits per heavy atom. The minimum Gasteiger partial charge on any atom is -0.452 e. The molecule has 0 bridgehead atoms. The van der Waals surface area contributed by atoms with E-state index >= 15 is 0 Å². The summed E-state index contributed by atoms with van der Waals surface area (Å²) in [4.78, 5) is 32.2. The second-order valence-corrected chi connectivity index (χ2v) is 10.5. The van der Waals surface area contributed by atoms with Crippen molar-refractivity contribution in [2.45, 2.75) is 51.5 Å². The number of aromatic nitrogens is 1. The largest absolute Gasteiger partial charge is 0.452 e. The summed E-state index contributed by atoms with van der Waals surface area (Å²) in [6.07, 6.45) is 5.16. The molecule has 1 aliphatic heterocycles. The molecule has 1 aromatic carbocycles. The van der Waals surface area contributed by atoms with Crippen LogP contribution >= 0.6 is 0 Å². The van der Waals surface area contributed by atoms with Crippen molar-refractivity contribution in [1.29, 1.82) is 0 Å². The molecule has 1 aromatic heterocycles. The van der Waals surface area contributed by atoms with Gasteiger partial charge < -0.3 is 9.64 Å². The molecule has 1 atom stereocenters. The Kier molecular flexibility index (Phi) is 6.27. The third-order valence-corrected chi connectivity index (χ3v) is 8.01. The van der Waals surface area contributed by atoms with Gasteiger partial charge in [-0.1, -0.05) is 24.6 Å². The highest BCUT2D eigenvalue weighted by Gasteiger charge is 2.34. The van der Waals surface area contributed by atoms with Gasteiger partial charge in [-0.25, -0.2) is 13.2 Å². The van der Waals surface area contributed by atoms with Crippen LogP contribution in [-0.2, 0) is 32.2 Å². The minimum absolute atomic E-state index is 0.0248. The summed E-state index contributed by atoms with van der Waals surface area (Å²) in [6, 6.07) is 7.18. The average Bonchev–Trinajstić information content (AvgIpc) is 2.95. The van der Waals surface area contributed by atoms with Crippen molar-refractivity contribution in [2.24, 2.45) is 0 Å². The quantitative estimate of drug-likeness (QED) is 0.520. The molecule has 166 valence electrons. The molecule has 31 heavy (non-hydrogen) atoms. The first kappa shape index (κ1) is 21.7. The maximum atomic E-state index is 13.2. The van der Waals surface area contributed by atoms with Crippen molar-refractivity contribution < 1.29 is 22.7 Å². The molecule has 0 saturated carbocycles. The van der Waals surface area contributed by atoms with E-state index in [1.165, 1.54) is 4.90 Å². The lowest BCUT2D eigenvalue weighted by atomic mass is 9.97. The number of pyridine rings is 1. The van der Waals surface area contributed by atoms with E-state index in [2.05, 4.69) is 0 Å². The van der Waals surface area contributed by atoms with Crippen molar-refractivity contribution in [3.05, 3.63) is 41.1 Å². The van der Waals surface area contributed by atoms with Gasteiger partial charge in [0, 0.05) is 23.7 Å². The van der Waals surface area contributed by atoms with Crippen molar-refractivity contribution in [2.75, 3.05) is 24.7 Å². The third-order valence-electron chi connectivity index (χ3n) is 6.26. The molecule has 2 heterocycles. The molecule has 4 rings (SSSR count). The lowest BCUT2D eigenvalue weighted by Crippen LogP contribution is -2.43. The van der Waals surface area contributed by atoms with Gasteiger partial charge >= 0.3 is 5.97 Å². The normalized spacial score (nSPS) is 20.1. The predicted molar refractivity (Wildman–Crippen MR) is 118 cm³/mol. The molecule has 0 radical (unpaired) electrons. The molecule has 2 aromatic rings. The molecular formula is C23H28N2O5S. The van der Waals surface area contributed by atoms with Gasteiger partial charge in [0.25, 0.3) is 5.91 Å². The minimum atomic E-state index is -3.10. The van der Waals surface area contributed by atoms with E-state index in [9.17, 15) is 18.0 Å². The number of esters is 1. The Bertz CT molecular complexity index is 1110. The second kappa shape index (κ2) is 8.94. The second-order valence-electron chi connectivity index (χ2n) is 8.30. The number of likely N-dealkylation sites (N-methyl/N-ethyl adjacent to an activating group) is 1. The van der Waals surface area contributed by atoms with Crippen molar-refractivity contribution in [3.63, 3.8) is 0 Å². The van der Waals surface area contributed by atoms with Crippen LogP contribution in [0.15, 0.2) is 24.3 Å². The first-order valence-electron chi connectivity index (χ1n) is 11.0. The molecule has 2 aliphatic rings. The van der Waals surface area contributed by atoms with Crippen LogP contribution in [-0.4, -0.2) is 60.9 Å².